The van der Waals surface area contributed by atoms with Crippen LogP contribution in [0, 0.1) is 5.92 Å². The molecule has 2 aromatic carbocycles. The van der Waals surface area contributed by atoms with Gasteiger partial charge in [-0.3, -0.25) is 4.79 Å². The van der Waals surface area contributed by atoms with E-state index in [1.165, 1.54) is 5.56 Å². The summed E-state index contributed by atoms with van der Waals surface area (Å²) >= 11 is 0. The standard InChI is InChI=1S/C27H37N3O2/c1-5-21(6-2)27(31)28-19-26-29-24-11-7-8-12-25(24)30(26)17-9-10-18-32-23-15-13-22(14-16-23)20(3)4/h7-8,11-16,20-21H,5-6,9-10,17-19H2,1-4H3,(H,28,31). The molecule has 3 rings (SSSR count). The van der Waals surface area contributed by atoms with Gasteiger partial charge < -0.3 is 14.6 Å². The minimum Gasteiger partial charge on any atom is -0.494 e. The molecule has 1 aromatic heterocycles. The number of carbonyl (C=O) groups is 1. The molecule has 0 bridgehead atoms. The van der Waals surface area contributed by atoms with Crippen LogP contribution >= 0.6 is 0 Å². The number of unbranched alkanes of at least 4 members (excludes halogenated alkanes) is 1. The molecule has 0 atom stereocenters. The number of benzene rings is 2. The maximum atomic E-state index is 12.4. The predicted molar refractivity (Wildman–Crippen MR) is 131 cm³/mol. The van der Waals surface area contributed by atoms with Crippen LogP contribution in [-0.2, 0) is 17.9 Å². The lowest BCUT2D eigenvalue weighted by atomic mass is 10.0. The first-order valence-electron chi connectivity index (χ1n) is 12.0. The molecule has 1 amide bonds. The summed E-state index contributed by atoms with van der Waals surface area (Å²) in [7, 11) is 0. The second-order valence-corrected chi connectivity index (χ2v) is 8.68. The highest BCUT2D eigenvalue weighted by Gasteiger charge is 2.16. The monoisotopic (exact) mass is 435 g/mol. The SMILES string of the molecule is CCC(CC)C(=O)NCc1nc2ccccc2n1CCCCOc1ccc(C(C)C)cc1. The largest absolute Gasteiger partial charge is 0.494 e. The number of nitrogens with one attached hydrogen (secondary N) is 1. The first-order valence-corrected chi connectivity index (χ1v) is 12.0. The highest BCUT2D eigenvalue weighted by molar-refractivity contribution is 5.79. The molecule has 1 N–H and O–H groups in total. The number of amides is 1. The van der Waals surface area contributed by atoms with Gasteiger partial charge in [-0.05, 0) is 61.4 Å². The van der Waals surface area contributed by atoms with Crippen LogP contribution in [0.4, 0.5) is 0 Å². The highest BCUT2D eigenvalue weighted by Crippen LogP contribution is 2.20. The quantitative estimate of drug-likeness (QED) is 0.351. The molecule has 5 nitrogen and oxygen atoms in total. The third-order valence-corrected chi connectivity index (χ3v) is 6.10. The van der Waals surface area contributed by atoms with Crippen LogP contribution < -0.4 is 10.1 Å². The molecular formula is C27H37N3O2. The Balaban J connectivity index is 1.56. The van der Waals surface area contributed by atoms with Crippen molar-refractivity contribution in [3.8, 4) is 5.75 Å². The van der Waals surface area contributed by atoms with Gasteiger partial charge in [0.25, 0.3) is 0 Å². The number of aromatic nitrogens is 2. The van der Waals surface area contributed by atoms with E-state index in [0.717, 1.165) is 54.8 Å². The van der Waals surface area contributed by atoms with Gasteiger partial charge in [-0.2, -0.15) is 0 Å². The van der Waals surface area contributed by atoms with E-state index >= 15 is 0 Å². The summed E-state index contributed by atoms with van der Waals surface area (Å²) in [4.78, 5) is 17.2. The van der Waals surface area contributed by atoms with E-state index in [0.29, 0.717) is 19.1 Å². The van der Waals surface area contributed by atoms with E-state index in [-0.39, 0.29) is 11.8 Å². The third-order valence-electron chi connectivity index (χ3n) is 6.10. The Morgan fingerprint density at radius 2 is 1.75 bits per heavy atom. The molecule has 0 radical (unpaired) electrons. The minimum atomic E-state index is 0.0691. The topological polar surface area (TPSA) is 56.2 Å². The molecule has 0 fully saturated rings. The second kappa shape index (κ2) is 11.7. The molecule has 32 heavy (non-hydrogen) atoms. The predicted octanol–water partition coefficient (Wildman–Crippen LogP) is 6.07. The Kier molecular flexibility index (Phi) is 8.72. The summed E-state index contributed by atoms with van der Waals surface area (Å²) < 4.78 is 8.16. The van der Waals surface area contributed by atoms with E-state index < -0.39 is 0 Å². The van der Waals surface area contributed by atoms with Gasteiger partial charge in [0.2, 0.25) is 5.91 Å². The molecule has 0 aliphatic heterocycles. The van der Waals surface area contributed by atoms with E-state index in [1.54, 1.807) is 0 Å². The normalized spacial score (nSPS) is 11.4. The molecule has 1 heterocycles. The summed E-state index contributed by atoms with van der Waals surface area (Å²) in [6.45, 7) is 10.5. The van der Waals surface area contributed by atoms with Crippen molar-refractivity contribution >= 4 is 16.9 Å². The Hall–Kier alpha value is -2.82. The molecule has 172 valence electrons. The zero-order valence-corrected chi connectivity index (χ0v) is 19.9. The van der Waals surface area contributed by atoms with Crippen LogP contribution in [0.15, 0.2) is 48.5 Å². The molecule has 0 saturated carbocycles. The second-order valence-electron chi connectivity index (χ2n) is 8.68. The van der Waals surface area contributed by atoms with Crippen molar-refractivity contribution in [2.75, 3.05) is 6.61 Å². The van der Waals surface area contributed by atoms with E-state index in [1.807, 2.05) is 18.2 Å². The van der Waals surface area contributed by atoms with Crippen molar-refractivity contribution in [3.63, 3.8) is 0 Å². The summed E-state index contributed by atoms with van der Waals surface area (Å²) in [6, 6.07) is 16.6. The number of aryl methyl sites for hydroxylation is 1. The summed E-state index contributed by atoms with van der Waals surface area (Å²) in [5.74, 6) is 2.55. The van der Waals surface area contributed by atoms with Crippen LogP contribution in [0.3, 0.4) is 0 Å². The molecule has 0 unspecified atom stereocenters. The van der Waals surface area contributed by atoms with E-state index in [4.69, 9.17) is 9.72 Å². The number of para-hydroxylation sites is 2. The fourth-order valence-corrected chi connectivity index (χ4v) is 3.99. The van der Waals surface area contributed by atoms with Crippen molar-refractivity contribution in [2.45, 2.75) is 72.4 Å². The van der Waals surface area contributed by atoms with Crippen LogP contribution in [-0.4, -0.2) is 22.1 Å². The molecule has 0 saturated heterocycles. The number of hydrogen-bond acceptors (Lipinski definition) is 3. The first-order chi connectivity index (χ1) is 15.5. The number of nitrogens with zero attached hydrogens (tertiary/aromatic N) is 2. The van der Waals surface area contributed by atoms with Crippen LogP contribution in [0.1, 0.15) is 70.7 Å². The summed E-state index contributed by atoms with van der Waals surface area (Å²) in [6.07, 6.45) is 3.66. The number of ether oxygens (including phenoxy) is 1. The van der Waals surface area contributed by atoms with Crippen molar-refractivity contribution in [1.29, 1.82) is 0 Å². The number of hydrogen-bond donors (Lipinski definition) is 1. The summed E-state index contributed by atoms with van der Waals surface area (Å²) in [5.41, 5.74) is 3.42. The van der Waals surface area contributed by atoms with Crippen molar-refractivity contribution in [2.24, 2.45) is 5.92 Å². The van der Waals surface area contributed by atoms with Gasteiger partial charge in [0.1, 0.15) is 11.6 Å². The van der Waals surface area contributed by atoms with Crippen molar-refractivity contribution < 1.29 is 9.53 Å². The van der Waals surface area contributed by atoms with Gasteiger partial charge in [0.15, 0.2) is 0 Å². The molecule has 0 aliphatic rings. The van der Waals surface area contributed by atoms with Gasteiger partial charge in [-0.15, -0.1) is 0 Å². The van der Waals surface area contributed by atoms with Crippen LogP contribution in [0.25, 0.3) is 11.0 Å². The Morgan fingerprint density at radius 3 is 2.44 bits per heavy atom. The lowest BCUT2D eigenvalue weighted by Gasteiger charge is -2.14. The lowest BCUT2D eigenvalue weighted by molar-refractivity contribution is -0.125. The maximum absolute atomic E-state index is 12.4. The van der Waals surface area contributed by atoms with Gasteiger partial charge in [-0.1, -0.05) is 52.0 Å². The lowest BCUT2D eigenvalue weighted by Crippen LogP contribution is -2.30. The Morgan fingerprint density at radius 1 is 1.03 bits per heavy atom. The number of imidazole rings is 1. The molecule has 0 spiro atoms. The van der Waals surface area contributed by atoms with E-state index in [9.17, 15) is 4.79 Å². The average Bonchev–Trinajstić information content (AvgIpc) is 3.16. The fourth-order valence-electron chi connectivity index (χ4n) is 3.99. The maximum Gasteiger partial charge on any atom is 0.223 e. The minimum absolute atomic E-state index is 0.0691. The number of fused-ring (bicyclic) bond motifs is 1. The summed E-state index contributed by atoms with van der Waals surface area (Å²) in [5, 5.41) is 3.09. The van der Waals surface area contributed by atoms with Crippen LogP contribution in [0.2, 0.25) is 0 Å². The van der Waals surface area contributed by atoms with Gasteiger partial charge in [0.05, 0.1) is 24.2 Å². The highest BCUT2D eigenvalue weighted by atomic mass is 16.5. The van der Waals surface area contributed by atoms with Gasteiger partial charge >= 0.3 is 0 Å². The fraction of sp³-hybridized carbons (Fsp3) is 0.481. The number of rotatable bonds is 12. The smallest absolute Gasteiger partial charge is 0.223 e. The molecule has 0 aliphatic carbocycles. The molecular weight excluding hydrogens is 398 g/mol. The van der Waals surface area contributed by atoms with Gasteiger partial charge in [0, 0.05) is 12.5 Å². The van der Waals surface area contributed by atoms with Gasteiger partial charge in [-0.25, -0.2) is 4.98 Å². The third kappa shape index (κ3) is 6.12. The van der Waals surface area contributed by atoms with Crippen molar-refractivity contribution in [1.82, 2.24) is 14.9 Å². The Labute approximate surface area is 192 Å². The van der Waals surface area contributed by atoms with Crippen LogP contribution in [0.5, 0.6) is 5.75 Å². The zero-order chi connectivity index (χ0) is 22.9. The zero-order valence-electron chi connectivity index (χ0n) is 19.9. The Bertz CT molecular complexity index is 988. The number of carbonyl (C=O) groups excluding carboxylic acids is 1. The first kappa shape index (κ1) is 23.8. The van der Waals surface area contributed by atoms with Crippen molar-refractivity contribution in [3.05, 3.63) is 59.9 Å². The van der Waals surface area contributed by atoms with E-state index in [2.05, 4.69) is 67.9 Å². The molecule has 3 aromatic rings. The molecule has 5 heteroatoms. The average molecular weight is 436 g/mol.